The standard InChI is InChI=1S/C15H28N4/c1-6-15(4)11-19(14(8-16-15)12(2)3)10-13-7-17-18(5)9-13/h7,9,12,14,16H,6,8,10-11H2,1-5H3. The predicted octanol–water partition coefficient (Wildman–Crippen LogP) is 2.02. The molecule has 0 saturated carbocycles. The highest BCUT2D eigenvalue weighted by Crippen LogP contribution is 2.24. The van der Waals surface area contributed by atoms with Gasteiger partial charge >= 0.3 is 0 Å². The molecule has 2 heterocycles. The van der Waals surface area contributed by atoms with E-state index in [1.807, 2.05) is 17.9 Å². The van der Waals surface area contributed by atoms with Gasteiger partial charge in [-0.2, -0.15) is 5.10 Å². The van der Waals surface area contributed by atoms with Crippen LogP contribution < -0.4 is 5.32 Å². The third-order valence-electron chi connectivity index (χ3n) is 4.45. The smallest absolute Gasteiger partial charge is 0.0534 e. The molecule has 1 aromatic heterocycles. The molecule has 1 aliphatic rings. The lowest BCUT2D eigenvalue weighted by Gasteiger charge is -2.47. The molecule has 0 amide bonds. The van der Waals surface area contributed by atoms with E-state index in [2.05, 4.69) is 49.2 Å². The van der Waals surface area contributed by atoms with E-state index in [1.165, 1.54) is 12.0 Å². The quantitative estimate of drug-likeness (QED) is 0.903. The van der Waals surface area contributed by atoms with Gasteiger partial charge in [0.25, 0.3) is 0 Å². The van der Waals surface area contributed by atoms with Gasteiger partial charge in [-0.05, 0) is 19.3 Å². The summed E-state index contributed by atoms with van der Waals surface area (Å²) in [5.74, 6) is 0.672. The van der Waals surface area contributed by atoms with Crippen LogP contribution in [0.3, 0.4) is 0 Å². The van der Waals surface area contributed by atoms with E-state index in [0.29, 0.717) is 12.0 Å². The molecule has 4 heteroatoms. The van der Waals surface area contributed by atoms with Gasteiger partial charge in [0.05, 0.1) is 6.20 Å². The van der Waals surface area contributed by atoms with Gasteiger partial charge in [0.15, 0.2) is 0 Å². The first kappa shape index (κ1) is 14.5. The first-order valence-electron chi connectivity index (χ1n) is 7.40. The summed E-state index contributed by atoms with van der Waals surface area (Å²) in [7, 11) is 1.98. The van der Waals surface area contributed by atoms with Crippen LogP contribution in [0.1, 0.15) is 39.7 Å². The summed E-state index contributed by atoms with van der Waals surface area (Å²) >= 11 is 0. The molecule has 1 aromatic rings. The maximum Gasteiger partial charge on any atom is 0.0534 e. The Kier molecular flexibility index (Phi) is 4.31. The second kappa shape index (κ2) is 5.63. The molecule has 19 heavy (non-hydrogen) atoms. The molecule has 0 spiro atoms. The first-order valence-corrected chi connectivity index (χ1v) is 7.40. The summed E-state index contributed by atoms with van der Waals surface area (Å²) in [6, 6.07) is 0.611. The van der Waals surface area contributed by atoms with Gasteiger partial charge in [0.1, 0.15) is 0 Å². The molecule has 1 saturated heterocycles. The Morgan fingerprint density at radius 1 is 1.53 bits per heavy atom. The van der Waals surface area contributed by atoms with E-state index in [-0.39, 0.29) is 5.54 Å². The van der Waals surface area contributed by atoms with Gasteiger partial charge in [-0.3, -0.25) is 9.58 Å². The molecule has 0 aliphatic carbocycles. The highest BCUT2D eigenvalue weighted by molar-refractivity contribution is 5.06. The highest BCUT2D eigenvalue weighted by atomic mass is 15.3. The van der Waals surface area contributed by atoms with Crippen LogP contribution in [0, 0.1) is 5.92 Å². The Bertz CT molecular complexity index is 412. The lowest BCUT2D eigenvalue weighted by atomic mass is 9.89. The van der Waals surface area contributed by atoms with E-state index in [4.69, 9.17) is 0 Å². The number of nitrogens with one attached hydrogen (secondary N) is 1. The first-order chi connectivity index (χ1) is 8.93. The summed E-state index contributed by atoms with van der Waals surface area (Å²) in [6.07, 6.45) is 5.28. The van der Waals surface area contributed by atoms with Gasteiger partial charge in [-0.1, -0.05) is 20.8 Å². The minimum absolute atomic E-state index is 0.244. The van der Waals surface area contributed by atoms with Gasteiger partial charge in [-0.15, -0.1) is 0 Å². The topological polar surface area (TPSA) is 33.1 Å². The number of hydrogen-bond acceptors (Lipinski definition) is 3. The molecule has 4 nitrogen and oxygen atoms in total. The number of nitrogens with zero attached hydrogens (tertiary/aromatic N) is 3. The lowest BCUT2D eigenvalue weighted by Crippen LogP contribution is -2.63. The van der Waals surface area contributed by atoms with Crippen molar-refractivity contribution in [2.45, 2.75) is 52.2 Å². The fraction of sp³-hybridized carbons (Fsp3) is 0.800. The Balaban J connectivity index is 2.11. The van der Waals surface area contributed by atoms with Crippen LogP contribution in [0.15, 0.2) is 12.4 Å². The Morgan fingerprint density at radius 2 is 2.26 bits per heavy atom. The van der Waals surface area contributed by atoms with Crippen molar-refractivity contribution in [2.75, 3.05) is 13.1 Å². The molecular weight excluding hydrogens is 236 g/mol. The van der Waals surface area contributed by atoms with Crippen LogP contribution in [0.5, 0.6) is 0 Å². The van der Waals surface area contributed by atoms with Crippen molar-refractivity contribution in [1.29, 1.82) is 0 Å². The molecule has 1 fully saturated rings. The number of aryl methyl sites for hydroxylation is 1. The average molecular weight is 264 g/mol. The monoisotopic (exact) mass is 264 g/mol. The summed E-state index contributed by atoms with van der Waals surface area (Å²) in [4.78, 5) is 2.63. The second-order valence-corrected chi connectivity index (χ2v) is 6.53. The molecule has 0 aromatic carbocycles. The van der Waals surface area contributed by atoms with Gasteiger partial charge in [0, 0.05) is 50.0 Å². The highest BCUT2D eigenvalue weighted by Gasteiger charge is 2.35. The zero-order valence-electron chi connectivity index (χ0n) is 13.0. The normalized spacial score (nSPS) is 29.1. The Morgan fingerprint density at radius 3 is 2.79 bits per heavy atom. The number of rotatable bonds is 4. The summed E-state index contributed by atoms with van der Waals surface area (Å²) in [6.45, 7) is 12.4. The van der Waals surface area contributed by atoms with E-state index >= 15 is 0 Å². The number of piperazine rings is 1. The van der Waals surface area contributed by atoms with E-state index < -0.39 is 0 Å². The van der Waals surface area contributed by atoms with Crippen LogP contribution >= 0.6 is 0 Å². The van der Waals surface area contributed by atoms with Crippen molar-refractivity contribution in [3.05, 3.63) is 18.0 Å². The number of hydrogen-bond donors (Lipinski definition) is 1. The zero-order chi connectivity index (χ0) is 14.0. The van der Waals surface area contributed by atoms with Crippen molar-refractivity contribution in [2.24, 2.45) is 13.0 Å². The van der Waals surface area contributed by atoms with Crippen LogP contribution in [0.4, 0.5) is 0 Å². The van der Waals surface area contributed by atoms with E-state index in [9.17, 15) is 0 Å². The minimum Gasteiger partial charge on any atom is -0.309 e. The van der Waals surface area contributed by atoms with Crippen LogP contribution in [-0.2, 0) is 13.6 Å². The summed E-state index contributed by atoms with van der Waals surface area (Å²) < 4.78 is 1.89. The molecule has 108 valence electrons. The molecule has 1 aliphatic heterocycles. The minimum atomic E-state index is 0.244. The lowest BCUT2D eigenvalue weighted by molar-refractivity contribution is 0.0539. The van der Waals surface area contributed by atoms with Crippen LogP contribution in [-0.4, -0.2) is 39.4 Å². The van der Waals surface area contributed by atoms with Crippen molar-refractivity contribution >= 4 is 0 Å². The maximum atomic E-state index is 4.28. The molecule has 2 rings (SSSR count). The van der Waals surface area contributed by atoms with Gasteiger partial charge < -0.3 is 5.32 Å². The molecule has 0 radical (unpaired) electrons. The fourth-order valence-electron chi connectivity index (χ4n) is 2.96. The Labute approximate surface area is 117 Å². The van der Waals surface area contributed by atoms with Crippen LogP contribution in [0.2, 0.25) is 0 Å². The molecule has 0 bridgehead atoms. The fourth-order valence-corrected chi connectivity index (χ4v) is 2.96. The summed E-state index contributed by atoms with van der Waals surface area (Å²) in [5.41, 5.74) is 1.56. The maximum absolute atomic E-state index is 4.28. The molecular formula is C15H28N4. The van der Waals surface area contributed by atoms with Gasteiger partial charge in [0.2, 0.25) is 0 Å². The zero-order valence-corrected chi connectivity index (χ0v) is 13.0. The SMILES string of the molecule is CCC1(C)CN(Cc2cnn(C)c2)C(C(C)C)CN1. The largest absolute Gasteiger partial charge is 0.309 e. The predicted molar refractivity (Wildman–Crippen MR) is 78.9 cm³/mol. The van der Waals surface area contributed by atoms with Crippen molar-refractivity contribution < 1.29 is 0 Å². The van der Waals surface area contributed by atoms with Gasteiger partial charge in [-0.25, -0.2) is 0 Å². The summed E-state index contributed by atoms with van der Waals surface area (Å²) in [5, 5.41) is 8.02. The molecule has 2 atom stereocenters. The molecule has 2 unspecified atom stereocenters. The third kappa shape index (κ3) is 3.37. The third-order valence-corrected chi connectivity index (χ3v) is 4.45. The van der Waals surface area contributed by atoms with Crippen molar-refractivity contribution in [3.8, 4) is 0 Å². The van der Waals surface area contributed by atoms with E-state index in [1.54, 1.807) is 0 Å². The average Bonchev–Trinajstić information content (AvgIpc) is 2.74. The molecule has 1 N–H and O–H groups in total. The second-order valence-electron chi connectivity index (χ2n) is 6.53. The number of aromatic nitrogens is 2. The van der Waals surface area contributed by atoms with Crippen molar-refractivity contribution in [1.82, 2.24) is 20.0 Å². The van der Waals surface area contributed by atoms with Crippen molar-refractivity contribution in [3.63, 3.8) is 0 Å². The van der Waals surface area contributed by atoms with E-state index in [0.717, 1.165) is 19.6 Å². The Hall–Kier alpha value is -0.870. The van der Waals surface area contributed by atoms with Crippen LogP contribution in [0.25, 0.3) is 0 Å².